The molecule has 8 heteroatoms. The average Bonchev–Trinajstić information content (AvgIpc) is 2.85. The van der Waals surface area contributed by atoms with E-state index in [2.05, 4.69) is 20.6 Å². The van der Waals surface area contributed by atoms with Gasteiger partial charge >= 0.3 is 0 Å². The molecule has 1 unspecified atom stereocenters. The van der Waals surface area contributed by atoms with Gasteiger partial charge < -0.3 is 20.1 Å². The number of aromatic nitrogens is 2. The van der Waals surface area contributed by atoms with Gasteiger partial charge in [-0.05, 0) is 81.4 Å². The summed E-state index contributed by atoms with van der Waals surface area (Å²) in [5, 5.41) is 7.42. The van der Waals surface area contributed by atoms with Crippen LogP contribution in [-0.4, -0.2) is 55.0 Å². The standard InChI is InChI=1S/C27H36ClFN4O2/c28-24-17-31-21(13-18-1-3-20(4-2-18)30-16-22-9-12-35-22)14-23(24)26-6-5-25(29)27(33-26)32-15-19-7-10-34-11-8-19/h5-6,14,17-20,22,30H,1-4,7-13,15-16H2,(H,32,33). The zero-order valence-corrected chi connectivity index (χ0v) is 21.0. The van der Waals surface area contributed by atoms with Gasteiger partial charge in [-0.3, -0.25) is 4.98 Å². The van der Waals surface area contributed by atoms with Crippen molar-refractivity contribution in [2.75, 3.05) is 38.2 Å². The maximum Gasteiger partial charge on any atom is 0.165 e. The molecular weight excluding hydrogens is 467 g/mol. The Labute approximate surface area is 212 Å². The second-order valence-corrected chi connectivity index (χ2v) is 10.6. The van der Waals surface area contributed by atoms with Crippen molar-refractivity contribution < 1.29 is 13.9 Å². The van der Waals surface area contributed by atoms with Crippen LogP contribution in [0.1, 0.15) is 50.6 Å². The van der Waals surface area contributed by atoms with Crippen LogP contribution < -0.4 is 10.6 Å². The van der Waals surface area contributed by atoms with E-state index in [-0.39, 0.29) is 11.6 Å². The van der Waals surface area contributed by atoms with Crippen LogP contribution in [0.25, 0.3) is 11.3 Å². The van der Waals surface area contributed by atoms with Crippen LogP contribution in [0.5, 0.6) is 0 Å². The molecule has 0 spiro atoms. The summed E-state index contributed by atoms with van der Waals surface area (Å²) < 4.78 is 25.4. The number of pyridine rings is 2. The van der Waals surface area contributed by atoms with Gasteiger partial charge in [0.15, 0.2) is 11.6 Å². The number of nitrogens with one attached hydrogen (secondary N) is 2. The highest BCUT2D eigenvalue weighted by Gasteiger charge is 2.24. The van der Waals surface area contributed by atoms with Crippen LogP contribution in [0, 0.1) is 17.7 Å². The molecule has 0 amide bonds. The Morgan fingerprint density at radius 3 is 2.51 bits per heavy atom. The van der Waals surface area contributed by atoms with E-state index in [9.17, 15) is 4.39 Å². The molecule has 0 aromatic carbocycles. The normalized spacial score (nSPS) is 25.3. The monoisotopic (exact) mass is 502 g/mol. The number of hydrogen-bond acceptors (Lipinski definition) is 6. The summed E-state index contributed by atoms with van der Waals surface area (Å²) in [5.41, 5.74) is 2.49. The summed E-state index contributed by atoms with van der Waals surface area (Å²) in [6.07, 6.45) is 11.0. The number of nitrogens with zero attached hydrogens (tertiary/aromatic N) is 2. The van der Waals surface area contributed by atoms with Gasteiger partial charge in [0.2, 0.25) is 0 Å². The Morgan fingerprint density at radius 1 is 0.971 bits per heavy atom. The predicted octanol–water partition coefficient (Wildman–Crippen LogP) is 5.25. The Balaban J connectivity index is 1.19. The van der Waals surface area contributed by atoms with E-state index in [1.165, 1.54) is 38.2 Å². The minimum atomic E-state index is -0.347. The molecule has 2 aromatic rings. The molecular formula is C27H36ClFN4O2. The van der Waals surface area contributed by atoms with E-state index in [0.717, 1.165) is 56.9 Å². The van der Waals surface area contributed by atoms with Gasteiger partial charge in [0.05, 0.1) is 16.8 Å². The molecule has 3 aliphatic rings. The van der Waals surface area contributed by atoms with Crippen LogP contribution >= 0.6 is 11.6 Å². The number of anilines is 1. The molecule has 3 fully saturated rings. The number of rotatable bonds is 9. The largest absolute Gasteiger partial charge is 0.381 e. The first-order valence-corrected chi connectivity index (χ1v) is 13.5. The third kappa shape index (κ3) is 6.70. The Morgan fingerprint density at radius 2 is 1.77 bits per heavy atom. The second kappa shape index (κ2) is 12.0. The maximum atomic E-state index is 14.5. The number of hydrogen-bond donors (Lipinski definition) is 2. The third-order valence-corrected chi connectivity index (χ3v) is 8.01. The highest BCUT2D eigenvalue weighted by Crippen LogP contribution is 2.32. The lowest BCUT2D eigenvalue weighted by Crippen LogP contribution is -2.43. The zero-order chi connectivity index (χ0) is 24.0. The first kappa shape index (κ1) is 24.9. The van der Waals surface area contributed by atoms with Crippen molar-refractivity contribution in [3.8, 4) is 11.3 Å². The quantitative estimate of drug-likeness (QED) is 0.488. The van der Waals surface area contributed by atoms with Crippen LogP contribution in [0.2, 0.25) is 5.02 Å². The molecule has 5 rings (SSSR count). The van der Waals surface area contributed by atoms with Crippen molar-refractivity contribution in [1.29, 1.82) is 0 Å². The summed E-state index contributed by atoms with van der Waals surface area (Å²) >= 11 is 6.51. The van der Waals surface area contributed by atoms with E-state index in [0.29, 0.717) is 41.2 Å². The van der Waals surface area contributed by atoms with Crippen molar-refractivity contribution in [3.63, 3.8) is 0 Å². The average molecular weight is 503 g/mol. The van der Waals surface area contributed by atoms with Gasteiger partial charge in [0.25, 0.3) is 0 Å². The first-order valence-electron chi connectivity index (χ1n) is 13.1. The van der Waals surface area contributed by atoms with Gasteiger partial charge in [0.1, 0.15) is 0 Å². The topological polar surface area (TPSA) is 68.3 Å². The molecule has 0 bridgehead atoms. The Bertz CT molecular complexity index is 976. The molecule has 1 saturated carbocycles. The van der Waals surface area contributed by atoms with Crippen LogP contribution in [-0.2, 0) is 15.9 Å². The highest BCUT2D eigenvalue weighted by atomic mass is 35.5. The van der Waals surface area contributed by atoms with Gasteiger partial charge in [-0.2, -0.15) is 0 Å². The van der Waals surface area contributed by atoms with E-state index in [1.54, 1.807) is 12.3 Å². The van der Waals surface area contributed by atoms with Crippen molar-refractivity contribution in [1.82, 2.24) is 15.3 Å². The first-order chi connectivity index (χ1) is 17.1. The van der Waals surface area contributed by atoms with Crippen molar-refractivity contribution in [2.24, 2.45) is 11.8 Å². The smallest absolute Gasteiger partial charge is 0.165 e. The molecule has 2 N–H and O–H groups in total. The van der Waals surface area contributed by atoms with E-state index >= 15 is 0 Å². The van der Waals surface area contributed by atoms with E-state index < -0.39 is 0 Å². The molecule has 1 atom stereocenters. The summed E-state index contributed by atoms with van der Waals surface area (Å²) in [6, 6.07) is 5.79. The van der Waals surface area contributed by atoms with Crippen LogP contribution in [0.4, 0.5) is 10.2 Å². The van der Waals surface area contributed by atoms with Crippen LogP contribution in [0.15, 0.2) is 24.4 Å². The lowest BCUT2D eigenvalue weighted by atomic mass is 9.83. The minimum Gasteiger partial charge on any atom is -0.381 e. The fraction of sp³-hybridized carbons (Fsp3) is 0.630. The fourth-order valence-corrected chi connectivity index (χ4v) is 5.51. The summed E-state index contributed by atoms with van der Waals surface area (Å²) in [6.45, 7) is 4.12. The highest BCUT2D eigenvalue weighted by molar-refractivity contribution is 6.33. The molecule has 0 radical (unpaired) electrons. The summed E-state index contributed by atoms with van der Waals surface area (Å²) in [4.78, 5) is 9.18. The number of ether oxygens (including phenoxy) is 2. The maximum absolute atomic E-state index is 14.5. The summed E-state index contributed by atoms with van der Waals surface area (Å²) in [7, 11) is 0. The minimum absolute atomic E-state index is 0.279. The van der Waals surface area contributed by atoms with Gasteiger partial charge in [-0.15, -0.1) is 0 Å². The van der Waals surface area contributed by atoms with Crippen molar-refractivity contribution >= 4 is 17.4 Å². The molecule has 2 aliphatic heterocycles. The van der Waals surface area contributed by atoms with E-state index in [4.69, 9.17) is 21.1 Å². The molecule has 35 heavy (non-hydrogen) atoms. The van der Waals surface area contributed by atoms with Gasteiger partial charge in [-0.25, -0.2) is 9.37 Å². The van der Waals surface area contributed by atoms with Gasteiger partial charge in [-0.1, -0.05) is 11.6 Å². The third-order valence-electron chi connectivity index (χ3n) is 7.71. The van der Waals surface area contributed by atoms with Gasteiger partial charge in [0, 0.05) is 56.4 Å². The molecule has 2 saturated heterocycles. The molecule has 4 heterocycles. The molecule has 190 valence electrons. The lowest BCUT2D eigenvalue weighted by molar-refractivity contribution is -0.0501. The zero-order valence-electron chi connectivity index (χ0n) is 20.3. The fourth-order valence-electron chi connectivity index (χ4n) is 5.31. The summed E-state index contributed by atoms with van der Waals surface area (Å²) in [5.74, 6) is 1.02. The number of halogens is 2. The Hall–Kier alpha value is -1.80. The molecule has 1 aliphatic carbocycles. The molecule has 2 aromatic heterocycles. The SMILES string of the molecule is Fc1ccc(-c2cc(CC3CCC(NCC4CCO4)CC3)ncc2Cl)nc1NCC1CCOCC1. The second-order valence-electron chi connectivity index (χ2n) is 10.2. The Kier molecular flexibility index (Phi) is 8.50. The predicted molar refractivity (Wildman–Crippen MR) is 136 cm³/mol. The van der Waals surface area contributed by atoms with Crippen molar-refractivity contribution in [3.05, 3.63) is 40.9 Å². The van der Waals surface area contributed by atoms with Crippen molar-refractivity contribution in [2.45, 2.75) is 63.5 Å². The molecule has 6 nitrogen and oxygen atoms in total. The lowest BCUT2D eigenvalue weighted by Gasteiger charge is -2.32. The van der Waals surface area contributed by atoms with Crippen LogP contribution in [0.3, 0.4) is 0 Å². The van der Waals surface area contributed by atoms with E-state index in [1.807, 2.05) is 6.07 Å².